The quantitative estimate of drug-likeness (QED) is 0.777. The van der Waals surface area contributed by atoms with Gasteiger partial charge in [0.25, 0.3) is 0 Å². The second-order valence-electron chi connectivity index (χ2n) is 4.46. The Morgan fingerprint density at radius 2 is 2.28 bits per heavy atom. The van der Waals surface area contributed by atoms with Crippen LogP contribution in [-0.4, -0.2) is 22.0 Å². The van der Waals surface area contributed by atoms with Crippen LogP contribution in [0.2, 0.25) is 0 Å². The molecule has 0 aliphatic carbocycles. The van der Waals surface area contributed by atoms with E-state index in [2.05, 4.69) is 10.3 Å². The number of H-pyrrole nitrogens is 1. The number of carbonyl (C=O) groups excluding carboxylic acids is 1. The highest BCUT2D eigenvalue weighted by molar-refractivity contribution is 7.71. The van der Waals surface area contributed by atoms with E-state index in [1.807, 2.05) is 4.57 Å². The topological polar surface area (TPSA) is 49.8 Å². The lowest BCUT2D eigenvalue weighted by atomic mass is 10.1. The third-order valence-electron chi connectivity index (χ3n) is 3.28. The van der Waals surface area contributed by atoms with Gasteiger partial charge in [-0.05, 0) is 36.8 Å². The fourth-order valence-corrected chi connectivity index (χ4v) is 2.75. The van der Waals surface area contributed by atoms with Crippen molar-refractivity contribution in [1.82, 2.24) is 14.9 Å². The number of halogens is 1. The van der Waals surface area contributed by atoms with Gasteiger partial charge in [-0.1, -0.05) is 0 Å². The predicted molar refractivity (Wildman–Crippen MR) is 68.4 cm³/mol. The zero-order chi connectivity index (χ0) is 12.7. The van der Waals surface area contributed by atoms with Crippen LogP contribution in [0.5, 0.6) is 0 Å². The molecule has 1 unspecified atom stereocenters. The highest BCUT2D eigenvalue weighted by Crippen LogP contribution is 2.24. The van der Waals surface area contributed by atoms with Gasteiger partial charge in [0.2, 0.25) is 5.91 Å². The highest BCUT2D eigenvalue weighted by Gasteiger charge is 2.21. The van der Waals surface area contributed by atoms with E-state index in [0.29, 0.717) is 17.7 Å². The van der Waals surface area contributed by atoms with Crippen LogP contribution in [0.25, 0.3) is 11.0 Å². The summed E-state index contributed by atoms with van der Waals surface area (Å²) in [4.78, 5) is 14.2. The van der Waals surface area contributed by atoms with Crippen LogP contribution in [0.15, 0.2) is 18.2 Å². The third kappa shape index (κ3) is 1.82. The number of hydrogen-bond donors (Lipinski definition) is 2. The highest BCUT2D eigenvalue weighted by atomic mass is 32.1. The number of nitrogens with zero attached hydrogens (tertiary/aromatic N) is 1. The molecule has 2 N–H and O–H groups in total. The van der Waals surface area contributed by atoms with Gasteiger partial charge in [-0.25, -0.2) is 4.39 Å². The van der Waals surface area contributed by atoms with Crippen molar-refractivity contribution in [2.45, 2.75) is 18.9 Å². The maximum Gasteiger partial charge on any atom is 0.220 e. The van der Waals surface area contributed by atoms with E-state index in [-0.39, 0.29) is 17.8 Å². The van der Waals surface area contributed by atoms with Gasteiger partial charge < -0.3 is 14.9 Å². The van der Waals surface area contributed by atoms with Gasteiger partial charge in [0.15, 0.2) is 4.77 Å². The van der Waals surface area contributed by atoms with E-state index in [1.165, 1.54) is 12.1 Å². The number of fused-ring (bicyclic) bond motifs is 1. The summed E-state index contributed by atoms with van der Waals surface area (Å²) in [6, 6.07) is 4.64. The number of hydrogen-bond acceptors (Lipinski definition) is 2. The number of imidazole rings is 1. The summed E-state index contributed by atoms with van der Waals surface area (Å²) in [5, 5.41) is 2.81. The molecule has 3 rings (SSSR count). The van der Waals surface area contributed by atoms with Gasteiger partial charge >= 0.3 is 0 Å². The molecule has 0 spiro atoms. The van der Waals surface area contributed by atoms with Crippen molar-refractivity contribution in [2.24, 2.45) is 0 Å². The Labute approximate surface area is 108 Å². The van der Waals surface area contributed by atoms with Gasteiger partial charge in [0, 0.05) is 13.0 Å². The Morgan fingerprint density at radius 3 is 3.00 bits per heavy atom. The second-order valence-corrected chi connectivity index (χ2v) is 4.84. The standard InChI is InChI=1S/C12H12FN3OS/c13-7-1-3-9-10(5-7)16(12(18)15-9)8-2-4-11(17)14-6-8/h1,3,5,8H,2,4,6H2,(H,14,17)(H,15,18). The van der Waals surface area contributed by atoms with E-state index in [9.17, 15) is 9.18 Å². The molecular weight excluding hydrogens is 253 g/mol. The Balaban J connectivity index is 2.10. The first-order valence-corrected chi connectivity index (χ1v) is 6.22. The third-order valence-corrected chi connectivity index (χ3v) is 3.58. The van der Waals surface area contributed by atoms with Crippen LogP contribution in [0.1, 0.15) is 18.9 Å². The van der Waals surface area contributed by atoms with Crippen molar-refractivity contribution in [3.63, 3.8) is 0 Å². The zero-order valence-corrected chi connectivity index (χ0v) is 10.4. The summed E-state index contributed by atoms with van der Waals surface area (Å²) in [6.45, 7) is 0.538. The molecule has 1 atom stereocenters. The minimum Gasteiger partial charge on any atom is -0.354 e. The lowest BCUT2D eigenvalue weighted by molar-refractivity contribution is -0.122. The molecule has 1 saturated heterocycles. The summed E-state index contributed by atoms with van der Waals surface area (Å²) in [5.41, 5.74) is 1.57. The van der Waals surface area contributed by atoms with Crippen LogP contribution < -0.4 is 5.32 Å². The number of amides is 1. The van der Waals surface area contributed by atoms with E-state index in [0.717, 1.165) is 17.5 Å². The second kappa shape index (κ2) is 4.20. The fourth-order valence-electron chi connectivity index (χ4n) is 2.40. The summed E-state index contributed by atoms with van der Waals surface area (Å²) in [6.07, 6.45) is 1.21. The lowest BCUT2D eigenvalue weighted by Crippen LogP contribution is -2.36. The molecule has 2 heterocycles. The van der Waals surface area contributed by atoms with E-state index in [4.69, 9.17) is 12.2 Å². The van der Waals surface area contributed by atoms with Gasteiger partial charge in [-0.15, -0.1) is 0 Å². The zero-order valence-electron chi connectivity index (χ0n) is 9.57. The Kier molecular flexibility index (Phi) is 2.66. The minimum atomic E-state index is -0.287. The van der Waals surface area contributed by atoms with Crippen molar-refractivity contribution in [2.75, 3.05) is 6.54 Å². The summed E-state index contributed by atoms with van der Waals surface area (Å²) in [5.74, 6) is -0.228. The van der Waals surface area contributed by atoms with Crippen LogP contribution in [0, 0.1) is 10.6 Å². The molecule has 0 saturated carbocycles. The number of carbonyl (C=O) groups is 1. The molecule has 1 aliphatic rings. The van der Waals surface area contributed by atoms with Crippen molar-refractivity contribution >= 4 is 29.2 Å². The average molecular weight is 265 g/mol. The molecule has 18 heavy (non-hydrogen) atoms. The van der Waals surface area contributed by atoms with Gasteiger partial charge in [0.1, 0.15) is 5.82 Å². The molecule has 1 fully saturated rings. The number of aromatic amines is 1. The minimum absolute atomic E-state index is 0.0591. The van der Waals surface area contributed by atoms with Crippen LogP contribution in [-0.2, 0) is 4.79 Å². The number of nitrogens with one attached hydrogen (secondary N) is 2. The van der Waals surface area contributed by atoms with E-state index in [1.54, 1.807) is 6.07 Å². The SMILES string of the molecule is O=C1CCC(n2c(=S)[nH]c3ccc(F)cc32)CN1. The molecule has 2 aromatic rings. The first kappa shape index (κ1) is 11.4. The van der Waals surface area contributed by atoms with Crippen LogP contribution in [0.4, 0.5) is 4.39 Å². The molecule has 0 bridgehead atoms. The van der Waals surface area contributed by atoms with Crippen molar-refractivity contribution in [1.29, 1.82) is 0 Å². The largest absolute Gasteiger partial charge is 0.354 e. The maximum atomic E-state index is 13.3. The van der Waals surface area contributed by atoms with E-state index < -0.39 is 0 Å². The van der Waals surface area contributed by atoms with Gasteiger partial charge in [-0.3, -0.25) is 4.79 Å². The summed E-state index contributed by atoms with van der Waals surface area (Å²) >= 11 is 5.28. The average Bonchev–Trinajstić information content (AvgIpc) is 2.66. The smallest absolute Gasteiger partial charge is 0.220 e. The predicted octanol–water partition coefficient (Wildman–Crippen LogP) is 2.29. The van der Waals surface area contributed by atoms with Gasteiger partial charge in [-0.2, -0.15) is 0 Å². The van der Waals surface area contributed by atoms with Crippen LogP contribution >= 0.6 is 12.2 Å². The van der Waals surface area contributed by atoms with Crippen molar-refractivity contribution in [3.8, 4) is 0 Å². The molecular formula is C12H12FN3OS. The fraction of sp³-hybridized carbons (Fsp3) is 0.333. The molecule has 1 aromatic heterocycles. The Morgan fingerprint density at radius 1 is 1.44 bits per heavy atom. The first-order valence-electron chi connectivity index (χ1n) is 5.81. The van der Waals surface area contributed by atoms with Crippen molar-refractivity contribution < 1.29 is 9.18 Å². The molecule has 1 aromatic carbocycles. The van der Waals surface area contributed by atoms with Gasteiger partial charge in [0.05, 0.1) is 17.1 Å². The molecule has 0 radical (unpaired) electrons. The number of aromatic nitrogens is 2. The van der Waals surface area contributed by atoms with E-state index >= 15 is 0 Å². The normalized spacial score (nSPS) is 20.1. The number of piperidine rings is 1. The number of rotatable bonds is 1. The number of benzene rings is 1. The monoisotopic (exact) mass is 265 g/mol. The van der Waals surface area contributed by atoms with Crippen LogP contribution in [0.3, 0.4) is 0 Å². The molecule has 6 heteroatoms. The Hall–Kier alpha value is -1.69. The first-order chi connectivity index (χ1) is 8.65. The Bertz CT molecular complexity index is 666. The molecule has 1 amide bonds. The van der Waals surface area contributed by atoms with Crippen molar-refractivity contribution in [3.05, 3.63) is 28.8 Å². The summed E-state index contributed by atoms with van der Waals surface area (Å²) < 4.78 is 15.8. The molecule has 94 valence electrons. The maximum absolute atomic E-state index is 13.3. The molecule has 1 aliphatic heterocycles. The lowest BCUT2D eigenvalue weighted by Gasteiger charge is -2.24. The summed E-state index contributed by atoms with van der Waals surface area (Å²) in [7, 11) is 0. The molecule has 4 nitrogen and oxygen atoms in total.